The van der Waals surface area contributed by atoms with Crippen molar-refractivity contribution >= 4 is 29.5 Å². The van der Waals surface area contributed by atoms with Crippen LogP contribution in [0.4, 0.5) is 8.78 Å². The molecule has 0 bridgehead atoms. The Hall–Kier alpha value is -2.95. The second-order valence-corrected chi connectivity index (χ2v) is 16.0. The standard InChI is InChI=1S/C38H54F2O9/c1-9-11-12-31(44)49-38(30(43)21-47-32(45)15-23(4)33(46)48-20-22(3)10-2)34(5,6)18-27-25-17-28(39)26-16-24(41)13-14-35(26,7)37(25,40)29(42)19-36(27,38)8/h13-14,16,22-23,25,27-29,42H,9-12,15,17-21H2,1-8H3. The average Bonchev–Trinajstić information content (AvgIpc) is 3.21. The first-order chi connectivity index (χ1) is 22.7. The van der Waals surface area contributed by atoms with E-state index in [1.807, 2.05) is 20.8 Å². The van der Waals surface area contributed by atoms with Crippen molar-refractivity contribution in [2.45, 2.75) is 130 Å². The van der Waals surface area contributed by atoms with Gasteiger partial charge >= 0.3 is 17.9 Å². The largest absolute Gasteiger partial charge is 0.465 e. The van der Waals surface area contributed by atoms with E-state index in [9.17, 15) is 29.1 Å². The monoisotopic (exact) mass is 692 g/mol. The number of fused-ring (bicyclic) bond motifs is 5. The molecule has 10 atom stereocenters. The number of esters is 3. The van der Waals surface area contributed by atoms with Gasteiger partial charge in [-0.3, -0.25) is 24.0 Å². The number of carbonyl (C=O) groups is 5. The molecule has 0 heterocycles. The third-order valence-corrected chi connectivity index (χ3v) is 12.3. The molecule has 1 N–H and O–H groups in total. The van der Waals surface area contributed by atoms with Crippen LogP contribution in [0.25, 0.3) is 0 Å². The number of allylic oxidation sites excluding steroid dienone is 4. The van der Waals surface area contributed by atoms with Gasteiger partial charge in [-0.1, -0.05) is 67.4 Å². The van der Waals surface area contributed by atoms with Crippen LogP contribution in [-0.4, -0.2) is 71.3 Å². The molecule has 0 aromatic carbocycles. The summed E-state index contributed by atoms with van der Waals surface area (Å²) in [5.74, 6) is -5.74. The highest BCUT2D eigenvalue weighted by molar-refractivity contribution is 6.01. The predicted molar refractivity (Wildman–Crippen MR) is 176 cm³/mol. The molecule has 0 aromatic heterocycles. The van der Waals surface area contributed by atoms with Crippen molar-refractivity contribution in [3.05, 3.63) is 23.8 Å². The second-order valence-electron chi connectivity index (χ2n) is 16.0. The Bertz CT molecular complexity index is 1400. The molecule has 3 fully saturated rings. The number of aliphatic hydroxyl groups is 1. The molecule has 10 unspecified atom stereocenters. The van der Waals surface area contributed by atoms with E-state index in [1.165, 1.54) is 26.0 Å². The third kappa shape index (κ3) is 6.31. The summed E-state index contributed by atoms with van der Waals surface area (Å²) < 4.78 is 50.8. The molecule has 9 nitrogen and oxygen atoms in total. The van der Waals surface area contributed by atoms with Crippen LogP contribution in [0.15, 0.2) is 23.8 Å². The van der Waals surface area contributed by atoms with Crippen LogP contribution < -0.4 is 0 Å². The molecule has 4 rings (SSSR count). The number of hydrogen-bond acceptors (Lipinski definition) is 9. The molecule has 0 aromatic rings. The minimum atomic E-state index is -2.39. The summed E-state index contributed by atoms with van der Waals surface area (Å²) >= 11 is 0. The Morgan fingerprint density at radius 2 is 1.69 bits per heavy atom. The molecule has 0 amide bonds. The lowest BCUT2D eigenvalue weighted by molar-refractivity contribution is -0.236. The van der Waals surface area contributed by atoms with Crippen LogP contribution in [0.1, 0.15) is 107 Å². The number of aliphatic hydroxyl groups excluding tert-OH is 1. The van der Waals surface area contributed by atoms with Crippen molar-refractivity contribution in [2.75, 3.05) is 13.2 Å². The van der Waals surface area contributed by atoms with E-state index in [4.69, 9.17) is 14.2 Å². The van der Waals surface area contributed by atoms with Crippen LogP contribution in [-0.2, 0) is 38.2 Å². The Balaban J connectivity index is 1.68. The highest BCUT2D eigenvalue weighted by Crippen LogP contribution is 2.74. The Morgan fingerprint density at radius 3 is 2.33 bits per heavy atom. The van der Waals surface area contributed by atoms with Gasteiger partial charge in [-0.15, -0.1) is 0 Å². The van der Waals surface area contributed by atoms with E-state index in [-0.39, 0.29) is 50.2 Å². The Kier molecular flexibility index (Phi) is 11.1. The van der Waals surface area contributed by atoms with E-state index in [2.05, 4.69) is 0 Å². The zero-order chi connectivity index (χ0) is 36.7. The molecule has 0 spiro atoms. The molecular formula is C38H54F2O9. The van der Waals surface area contributed by atoms with Gasteiger partial charge in [0.15, 0.2) is 23.7 Å². The lowest BCUT2D eigenvalue weighted by atomic mass is 9.44. The number of hydrogen-bond donors (Lipinski definition) is 1. The molecule has 4 aliphatic rings. The summed E-state index contributed by atoms with van der Waals surface area (Å²) in [4.78, 5) is 65.6. The van der Waals surface area contributed by atoms with Crippen molar-refractivity contribution in [1.29, 1.82) is 0 Å². The molecule has 49 heavy (non-hydrogen) atoms. The fraction of sp³-hybridized carbons (Fsp3) is 0.763. The van der Waals surface area contributed by atoms with Gasteiger partial charge in [-0.25, -0.2) is 8.78 Å². The van der Waals surface area contributed by atoms with Crippen LogP contribution in [0.5, 0.6) is 0 Å². The second kappa shape index (κ2) is 14.0. The van der Waals surface area contributed by atoms with Crippen molar-refractivity contribution in [3.8, 4) is 0 Å². The minimum Gasteiger partial charge on any atom is -0.465 e. The van der Waals surface area contributed by atoms with Gasteiger partial charge in [-0.2, -0.15) is 0 Å². The number of ketones is 2. The summed E-state index contributed by atoms with van der Waals surface area (Å²) in [5.41, 5.74) is -8.55. The number of halogens is 2. The zero-order valence-electron chi connectivity index (χ0n) is 30.2. The van der Waals surface area contributed by atoms with E-state index >= 15 is 8.78 Å². The van der Waals surface area contributed by atoms with Crippen molar-refractivity contribution in [1.82, 2.24) is 0 Å². The van der Waals surface area contributed by atoms with Gasteiger partial charge in [0.2, 0.25) is 5.78 Å². The summed E-state index contributed by atoms with van der Waals surface area (Å²) in [6.45, 7) is 13.4. The van der Waals surface area contributed by atoms with E-state index in [1.54, 1.807) is 20.8 Å². The first-order valence-electron chi connectivity index (χ1n) is 17.8. The first kappa shape index (κ1) is 38.8. The number of carbonyl (C=O) groups excluding carboxylic acids is 5. The molecule has 0 aliphatic heterocycles. The molecule has 4 aliphatic carbocycles. The summed E-state index contributed by atoms with van der Waals surface area (Å²) in [7, 11) is 0. The maximum absolute atomic E-state index is 17.8. The van der Waals surface area contributed by atoms with Gasteiger partial charge in [0.1, 0.15) is 6.17 Å². The van der Waals surface area contributed by atoms with Crippen molar-refractivity contribution < 1.29 is 52.1 Å². The van der Waals surface area contributed by atoms with Gasteiger partial charge in [0.05, 0.1) is 25.0 Å². The van der Waals surface area contributed by atoms with Crippen LogP contribution in [0, 0.1) is 39.9 Å². The maximum atomic E-state index is 17.8. The summed E-state index contributed by atoms with van der Waals surface area (Å²) in [5, 5.41) is 11.8. The van der Waals surface area contributed by atoms with Crippen molar-refractivity contribution in [3.63, 3.8) is 0 Å². The lowest BCUT2D eigenvalue weighted by Crippen LogP contribution is -2.71. The molecule has 3 saturated carbocycles. The SMILES string of the molecule is CCCCC(=O)OC1(C(=O)COC(=O)CC(C)C(=O)OCC(C)CC)C(C)(C)CC2C3CC(F)C4=CC(=O)C=CC4(C)C3(F)C(O)CC21C. The van der Waals surface area contributed by atoms with Crippen LogP contribution in [0.2, 0.25) is 0 Å². The van der Waals surface area contributed by atoms with E-state index in [0.717, 1.165) is 12.5 Å². The number of ether oxygens (including phenoxy) is 3. The predicted octanol–water partition coefficient (Wildman–Crippen LogP) is 6.14. The third-order valence-electron chi connectivity index (χ3n) is 12.3. The number of Topliss-reactive ketones (excluding diaryl/α,β-unsaturated/α-hetero) is 1. The van der Waals surface area contributed by atoms with Gasteiger partial charge in [0, 0.05) is 28.6 Å². The van der Waals surface area contributed by atoms with E-state index in [0.29, 0.717) is 12.8 Å². The smallest absolute Gasteiger partial charge is 0.309 e. The molecular weight excluding hydrogens is 638 g/mol. The minimum absolute atomic E-state index is 0.00898. The fourth-order valence-corrected chi connectivity index (χ4v) is 9.48. The Labute approximate surface area is 288 Å². The number of rotatable bonds is 13. The molecule has 0 radical (unpaired) electrons. The summed E-state index contributed by atoms with van der Waals surface area (Å²) in [6.07, 6.45) is 1.43. The van der Waals surface area contributed by atoms with Crippen molar-refractivity contribution in [2.24, 2.45) is 39.9 Å². The normalized spacial score (nSPS) is 37.1. The number of alkyl halides is 2. The fourth-order valence-electron chi connectivity index (χ4n) is 9.48. The zero-order valence-corrected chi connectivity index (χ0v) is 30.2. The average molecular weight is 693 g/mol. The highest BCUT2D eigenvalue weighted by atomic mass is 19.1. The molecule has 274 valence electrons. The van der Waals surface area contributed by atoms with Gasteiger partial charge in [-0.05, 0) is 62.2 Å². The Morgan fingerprint density at radius 1 is 1.02 bits per heavy atom. The topological polar surface area (TPSA) is 133 Å². The van der Waals surface area contributed by atoms with Crippen LogP contribution in [0.3, 0.4) is 0 Å². The van der Waals surface area contributed by atoms with Gasteiger partial charge < -0.3 is 19.3 Å². The quantitative estimate of drug-likeness (QED) is 0.179. The first-order valence-corrected chi connectivity index (χ1v) is 17.8. The number of unbranched alkanes of at least 4 members (excludes halogenated alkanes) is 1. The summed E-state index contributed by atoms with van der Waals surface area (Å²) in [6, 6.07) is 0. The lowest BCUT2D eigenvalue weighted by Gasteiger charge is -2.63. The maximum Gasteiger partial charge on any atom is 0.309 e. The molecule has 11 heteroatoms. The molecule has 0 saturated heterocycles. The highest BCUT2D eigenvalue weighted by Gasteiger charge is 2.80. The van der Waals surface area contributed by atoms with E-state index < -0.39 is 93.6 Å². The van der Waals surface area contributed by atoms with Gasteiger partial charge in [0.25, 0.3) is 0 Å². The van der Waals surface area contributed by atoms with Crippen LogP contribution >= 0.6 is 0 Å².